The van der Waals surface area contributed by atoms with Crippen molar-refractivity contribution < 1.29 is 4.39 Å². The van der Waals surface area contributed by atoms with E-state index in [1.165, 1.54) is 6.07 Å². The first-order valence-corrected chi connectivity index (χ1v) is 4.85. The second-order valence-electron chi connectivity index (χ2n) is 3.71. The predicted molar refractivity (Wildman–Crippen MR) is 54.7 cm³/mol. The Morgan fingerprint density at radius 2 is 1.85 bits per heavy atom. The topological polar surface area (TPSA) is 0 Å². The molecule has 0 saturated heterocycles. The molecular weight excluding hydrogens is 187 g/mol. The zero-order valence-electron chi connectivity index (χ0n) is 8.14. The largest absolute Gasteiger partial charge is 0.205 e. The molecule has 0 spiro atoms. The van der Waals surface area contributed by atoms with Gasteiger partial charge in [-0.3, -0.25) is 0 Å². The van der Waals surface area contributed by atoms with Gasteiger partial charge in [0.05, 0.1) is 5.02 Å². The lowest BCUT2D eigenvalue weighted by atomic mass is 9.90. The molecule has 1 aromatic rings. The van der Waals surface area contributed by atoms with Crippen LogP contribution in [-0.4, -0.2) is 0 Å². The van der Waals surface area contributed by atoms with Gasteiger partial charge >= 0.3 is 0 Å². The van der Waals surface area contributed by atoms with E-state index in [0.717, 1.165) is 5.56 Å². The monoisotopic (exact) mass is 200 g/mol. The van der Waals surface area contributed by atoms with Gasteiger partial charge in [-0.1, -0.05) is 38.4 Å². The van der Waals surface area contributed by atoms with Crippen LogP contribution in [0.1, 0.15) is 32.3 Å². The van der Waals surface area contributed by atoms with Crippen molar-refractivity contribution in [3.8, 4) is 0 Å². The summed E-state index contributed by atoms with van der Waals surface area (Å²) in [6.07, 6.45) is 0. The van der Waals surface area contributed by atoms with E-state index < -0.39 is 0 Å². The molecule has 0 aliphatic rings. The molecule has 1 atom stereocenters. The molecule has 0 amide bonds. The Balaban J connectivity index is 2.97. The predicted octanol–water partition coefficient (Wildman–Crippen LogP) is 4.24. The summed E-state index contributed by atoms with van der Waals surface area (Å²) in [5.74, 6) is 0.612. The molecule has 72 valence electrons. The molecule has 0 unspecified atom stereocenters. The molecule has 0 aromatic heterocycles. The van der Waals surface area contributed by atoms with Crippen LogP contribution in [0.25, 0.3) is 0 Å². The van der Waals surface area contributed by atoms with Crippen LogP contribution in [0.2, 0.25) is 5.02 Å². The smallest absolute Gasteiger partial charge is 0.141 e. The normalized spacial score (nSPS) is 13.4. The summed E-state index contributed by atoms with van der Waals surface area (Å²) in [5.41, 5.74) is 1.10. The fourth-order valence-corrected chi connectivity index (χ4v) is 1.37. The van der Waals surface area contributed by atoms with E-state index in [1.807, 2.05) is 0 Å². The highest BCUT2D eigenvalue weighted by molar-refractivity contribution is 6.30. The number of hydrogen-bond acceptors (Lipinski definition) is 0. The Bertz CT molecular complexity index is 294. The number of benzene rings is 1. The first-order valence-electron chi connectivity index (χ1n) is 4.47. The summed E-state index contributed by atoms with van der Waals surface area (Å²) < 4.78 is 12.8. The van der Waals surface area contributed by atoms with Crippen LogP contribution < -0.4 is 0 Å². The second-order valence-corrected chi connectivity index (χ2v) is 4.11. The number of halogens is 2. The fourth-order valence-electron chi connectivity index (χ4n) is 1.18. The van der Waals surface area contributed by atoms with Crippen LogP contribution in [-0.2, 0) is 0 Å². The van der Waals surface area contributed by atoms with Gasteiger partial charge in [0.2, 0.25) is 0 Å². The Hall–Kier alpha value is -0.560. The molecule has 0 N–H and O–H groups in total. The van der Waals surface area contributed by atoms with Gasteiger partial charge in [0, 0.05) is 0 Å². The van der Waals surface area contributed by atoms with Crippen molar-refractivity contribution in [2.75, 3.05) is 0 Å². The van der Waals surface area contributed by atoms with Crippen LogP contribution >= 0.6 is 11.6 Å². The van der Waals surface area contributed by atoms with Gasteiger partial charge in [-0.2, -0.15) is 0 Å². The van der Waals surface area contributed by atoms with Gasteiger partial charge < -0.3 is 0 Å². The van der Waals surface area contributed by atoms with Gasteiger partial charge in [0.15, 0.2) is 0 Å². The van der Waals surface area contributed by atoms with Crippen LogP contribution in [0.4, 0.5) is 4.39 Å². The van der Waals surface area contributed by atoms with E-state index in [1.54, 1.807) is 12.1 Å². The summed E-state index contributed by atoms with van der Waals surface area (Å²) in [7, 11) is 0. The van der Waals surface area contributed by atoms with Gasteiger partial charge in [-0.05, 0) is 29.5 Å². The van der Waals surface area contributed by atoms with Gasteiger partial charge in [-0.25, -0.2) is 4.39 Å². The summed E-state index contributed by atoms with van der Waals surface area (Å²) >= 11 is 5.69. The number of rotatable bonds is 2. The lowest BCUT2D eigenvalue weighted by Gasteiger charge is -2.15. The first-order chi connectivity index (χ1) is 6.02. The quantitative estimate of drug-likeness (QED) is 0.670. The molecule has 0 bridgehead atoms. The lowest BCUT2D eigenvalue weighted by molar-refractivity contribution is 0.533. The van der Waals surface area contributed by atoms with Crippen molar-refractivity contribution in [1.82, 2.24) is 0 Å². The molecular formula is C11H14ClF. The third-order valence-corrected chi connectivity index (χ3v) is 2.76. The summed E-state index contributed by atoms with van der Waals surface area (Å²) in [6, 6.07) is 4.93. The zero-order valence-corrected chi connectivity index (χ0v) is 8.90. The van der Waals surface area contributed by atoms with E-state index >= 15 is 0 Å². The lowest BCUT2D eigenvalue weighted by Crippen LogP contribution is -2.01. The Labute approximate surface area is 83.7 Å². The molecule has 1 aromatic carbocycles. The van der Waals surface area contributed by atoms with E-state index in [2.05, 4.69) is 20.8 Å². The van der Waals surface area contributed by atoms with Crippen molar-refractivity contribution in [2.45, 2.75) is 26.7 Å². The molecule has 0 heterocycles. The molecule has 0 fully saturated rings. The van der Waals surface area contributed by atoms with Crippen molar-refractivity contribution in [3.05, 3.63) is 34.6 Å². The Morgan fingerprint density at radius 1 is 1.23 bits per heavy atom. The minimum atomic E-state index is -0.346. The van der Waals surface area contributed by atoms with Crippen molar-refractivity contribution >= 4 is 11.6 Å². The van der Waals surface area contributed by atoms with Crippen molar-refractivity contribution in [2.24, 2.45) is 5.92 Å². The van der Waals surface area contributed by atoms with Crippen LogP contribution in [0.3, 0.4) is 0 Å². The number of hydrogen-bond donors (Lipinski definition) is 0. The maximum atomic E-state index is 12.8. The average Bonchev–Trinajstić information content (AvgIpc) is 2.08. The maximum Gasteiger partial charge on any atom is 0.141 e. The standard InChI is InChI=1S/C11H14ClF/c1-7(2)8(3)9-4-5-11(13)10(12)6-9/h4-8H,1-3H3/t8-/m1/s1. The van der Waals surface area contributed by atoms with E-state index in [9.17, 15) is 4.39 Å². The summed E-state index contributed by atoms with van der Waals surface area (Å²) in [6.45, 7) is 6.40. The molecule has 0 saturated carbocycles. The van der Waals surface area contributed by atoms with Gasteiger partial charge in [-0.15, -0.1) is 0 Å². The minimum absolute atomic E-state index is 0.213. The third-order valence-electron chi connectivity index (χ3n) is 2.47. The first kappa shape index (κ1) is 10.5. The maximum absolute atomic E-state index is 12.8. The van der Waals surface area contributed by atoms with E-state index in [4.69, 9.17) is 11.6 Å². The van der Waals surface area contributed by atoms with Crippen molar-refractivity contribution in [3.63, 3.8) is 0 Å². The Kier molecular flexibility index (Phi) is 3.32. The SMILES string of the molecule is CC(C)[C@@H](C)c1ccc(F)c(Cl)c1. The van der Waals surface area contributed by atoms with Crippen molar-refractivity contribution in [1.29, 1.82) is 0 Å². The van der Waals surface area contributed by atoms with Gasteiger partial charge in [0.25, 0.3) is 0 Å². The molecule has 0 nitrogen and oxygen atoms in total. The molecule has 13 heavy (non-hydrogen) atoms. The molecule has 0 radical (unpaired) electrons. The highest BCUT2D eigenvalue weighted by Crippen LogP contribution is 2.26. The summed E-state index contributed by atoms with van der Waals surface area (Å²) in [4.78, 5) is 0. The van der Waals surface area contributed by atoms with Crippen LogP contribution in [0.5, 0.6) is 0 Å². The Morgan fingerprint density at radius 3 is 2.31 bits per heavy atom. The van der Waals surface area contributed by atoms with E-state index in [0.29, 0.717) is 11.8 Å². The molecule has 2 heteroatoms. The summed E-state index contributed by atoms with van der Waals surface area (Å²) in [5, 5.41) is 0.213. The third kappa shape index (κ3) is 2.44. The van der Waals surface area contributed by atoms with Crippen LogP contribution in [0, 0.1) is 11.7 Å². The highest BCUT2D eigenvalue weighted by Gasteiger charge is 2.11. The second kappa shape index (κ2) is 4.10. The average molecular weight is 201 g/mol. The van der Waals surface area contributed by atoms with E-state index in [-0.39, 0.29) is 10.8 Å². The van der Waals surface area contributed by atoms with Crippen LogP contribution in [0.15, 0.2) is 18.2 Å². The molecule has 0 aliphatic carbocycles. The molecule has 0 aliphatic heterocycles. The highest BCUT2D eigenvalue weighted by atomic mass is 35.5. The fraction of sp³-hybridized carbons (Fsp3) is 0.455. The van der Waals surface area contributed by atoms with Gasteiger partial charge in [0.1, 0.15) is 5.82 Å². The minimum Gasteiger partial charge on any atom is -0.205 e. The molecule has 1 rings (SSSR count). The zero-order chi connectivity index (χ0) is 10.0.